The third-order valence-electron chi connectivity index (χ3n) is 9.20. The molecule has 3 aromatic rings. The third-order valence-corrected chi connectivity index (χ3v) is 10.9. The van der Waals surface area contributed by atoms with E-state index in [2.05, 4.69) is 20.6 Å². The summed E-state index contributed by atoms with van der Waals surface area (Å²) in [5.41, 5.74) is -1.73. The molecular weight excluding hydrogens is 621 g/mol. The number of aromatic nitrogens is 3. The summed E-state index contributed by atoms with van der Waals surface area (Å²) in [4.78, 5) is 38.1. The van der Waals surface area contributed by atoms with Crippen LogP contribution in [0.2, 0.25) is 0 Å². The Morgan fingerprint density at radius 2 is 1.85 bits per heavy atom. The van der Waals surface area contributed by atoms with Gasteiger partial charge in [-0.05, 0) is 63.9 Å². The van der Waals surface area contributed by atoms with E-state index in [1.165, 1.54) is 19.1 Å². The topological polar surface area (TPSA) is 126 Å². The molecule has 6 heterocycles. The van der Waals surface area contributed by atoms with Crippen LogP contribution in [0.1, 0.15) is 77.5 Å². The smallest absolute Gasteiger partial charge is 0.276 e. The second kappa shape index (κ2) is 12.6. The van der Waals surface area contributed by atoms with E-state index < -0.39 is 75.9 Å². The van der Waals surface area contributed by atoms with E-state index >= 15 is 13.2 Å². The molecule has 4 aliphatic rings. The molecule has 7 rings (SSSR count). The van der Waals surface area contributed by atoms with Gasteiger partial charge in [0.2, 0.25) is 5.91 Å². The van der Waals surface area contributed by atoms with Gasteiger partial charge in [-0.2, -0.15) is 0 Å². The van der Waals surface area contributed by atoms with Crippen LogP contribution in [0.15, 0.2) is 29.1 Å². The van der Waals surface area contributed by atoms with Crippen molar-refractivity contribution in [3.63, 3.8) is 0 Å². The average Bonchev–Trinajstić information content (AvgIpc) is 2.99. The maximum absolute atomic E-state index is 16.1. The number of benzene rings is 1. The van der Waals surface area contributed by atoms with Crippen molar-refractivity contribution in [2.75, 3.05) is 43.0 Å². The zero-order chi connectivity index (χ0) is 35.3. The van der Waals surface area contributed by atoms with Gasteiger partial charge < -0.3 is 15.5 Å². The van der Waals surface area contributed by atoms with Crippen molar-refractivity contribution in [3.05, 3.63) is 63.0 Å². The van der Waals surface area contributed by atoms with Gasteiger partial charge in [-0.1, -0.05) is 18.2 Å². The lowest BCUT2D eigenvalue weighted by Gasteiger charge is -2.41. The highest BCUT2D eigenvalue weighted by molar-refractivity contribution is 7.91. The number of sulfone groups is 1. The summed E-state index contributed by atoms with van der Waals surface area (Å²) in [6.07, 6.45) is 1.03. The van der Waals surface area contributed by atoms with Gasteiger partial charge in [0.05, 0.1) is 28.5 Å². The minimum Gasteiger partial charge on any atom is -0.363 e. The first-order valence-corrected chi connectivity index (χ1v) is 17.4. The number of nitrogens with one attached hydrogen (secondary N) is 2. The summed E-state index contributed by atoms with van der Waals surface area (Å²) < 4.78 is 98.0. The van der Waals surface area contributed by atoms with E-state index in [9.17, 15) is 18.0 Å². The molecule has 0 spiro atoms. The van der Waals surface area contributed by atoms with Crippen LogP contribution >= 0.6 is 0 Å². The maximum atomic E-state index is 16.1. The SMILES string of the molecule is [2H]C([2H])([2H])[C@H]1Nc2nc(C)nc3c2cc(C2CCS(=O)(=O)CC2)c(=O)n3CC(=O)NCCCCN2CC(C2)CC(F)(F)c2cccc1c2F. The number of amides is 1. The summed E-state index contributed by atoms with van der Waals surface area (Å²) in [5.74, 6) is -6.51. The number of alkyl halides is 2. The number of aryl methyl sites for hydroxylation is 1. The number of halogens is 3. The minimum absolute atomic E-state index is 0.00541. The van der Waals surface area contributed by atoms with E-state index in [0.717, 1.165) is 16.7 Å². The fourth-order valence-electron chi connectivity index (χ4n) is 6.74. The molecule has 1 amide bonds. The molecular formula is C32H39F3N6O4S. The van der Waals surface area contributed by atoms with E-state index in [-0.39, 0.29) is 58.5 Å². The van der Waals surface area contributed by atoms with Crippen molar-refractivity contribution in [2.45, 2.75) is 70.3 Å². The molecule has 2 saturated heterocycles. The predicted octanol–water partition coefficient (Wildman–Crippen LogP) is 4.03. The van der Waals surface area contributed by atoms with E-state index in [1.54, 1.807) is 0 Å². The lowest BCUT2D eigenvalue weighted by Crippen LogP contribution is -2.48. The van der Waals surface area contributed by atoms with E-state index in [4.69, 9.17) is 4.11 Å². The van der Waals surface area contributed by atoms with E-state index in [0.29, 0.717) is 39.0 Å². The van der Waals surface area contributed by atoms with Crippen molar-refractivity contribution < 1.29 is 30.5 Å². The summed E-state index contributed by atoms with van der Waals surface area (Å²) >= 11 is 0. The summed E-state index contributed by atoms with van der Waals surface area (Å²) in [6.45, 7) is -0.108. The Morgan fingerprint density at radius 3 is 2.59 bits per heavy atom. The molecule has 4 aliphatic heterocycles. The number of carbonyl (C=O) groups excluding carboxylic acids is 1. The minimum atomic E-state index is -3.56. The summed E-state index contributed by atoms with van der Waals surface area (Å²) in [7, 11) is -3.28. The first-order chi connectivity index (χ1) is 23.0. The number of pyridine rings is 1. The fourth-order valence-corrected chi connectivity index (χ4v) is 8.23. The van der Waals surface area contributed by atoms with Crippen LogP contribution < -0.4 is 16.2 Å². The first kappa shape index (κ1) is 28.7. The fraction of sp³-hybridized carbons (Fsp3) is 0.562. The Bertz CT molecular complexity index is 1920. The molecule has 1 atom stereocenters. The molecule has 2 fully saturated rings. The molecule has 8 bridgehead atoms. The van der Waals surface area contributed by atoms with Crippen LogP contribution in [0.3, 0.4) is 0 Å². The van der Waals surface area contributed by atoms with Crippen LogP contribution in [0.4, 0.5) is 19.0 Å². The number of rotatable bonds is 1. The van der Waals surface area contributed by atoms with Gasteiger partial charge in [-0.15, -0.1) is 0 Å². The number of carbonyl (C=O) groups is 1. The summed E-state index contributed by atoms with van der Waals surface area (Å²) in [6, 6.07) is 2.94. The molecule has 248 valence electrons. The number of hydrogen-bond donors (Lipinski definition) is 2. The molecule has 10 nitrogen and oxygen atoms in total. The predicted molar refractivity (Wildman–Crippen MR) is 168 cm³/mol. The van der Waals surface area contributed by atoms with Crippen LogP contribution in [0.5, 0.6) is 0 Å². The highest BCUT2D eigenvalue weighted by Crippen LogP contribution is 2.40. The van der Waals surface area contributed by atoms with Gasteiger partial charge in [0, 0.05) is 41.3 Å². The Balaban J connectivity index is 1.51. The van der Waals surface area contributed by atoms with Gasteiger partial charge in [0.1, 0.15) is 39.5 Å². The van der Waals surface area contributed by atoms with Gasteiger partial charge in [0.25, 0.3) is 11.5 Å². The second-order valence-corrected chi connectivity index (χ2v) is 15.0. The van der Waals surface area contributed by atoms with Gasteiger partial charge in [-0.25, -0.2) is 31.6 Å². The standard InChI is InChI=1S/C32H39F3N6O4S/c1-19-23-6-5-7-26(28(23)33)32(34,35)15-21-16-40(17-21)11-4-3-10-36-27(42)18-41-30-25(29(37-19)38-20(2)39-30)14-24(31(41)43)22-8-12-46(44,45)13-9-22/h5-7,14,19,21-22H,3-4,8-13,15-18H2,1-2H3,(H,36,42)(H,37,38,39)/t19-/m1/s1/i1D3. The highest BCUT2D eigenvalue weighted by Gasteiger charge is 2.41. The lowest BCUT2D eigenvalue weighted by molar-refractivity contribution is -0.121. The van der Waals surface area contributed by atoms with Crippen LogP contribution in [0.25, 0.3) is 11.0 Å². The van der Waals surface area contributed by atoms with Crippen molar-refractivity contribution in [1.82, 2.24) is 24.8 Å². The molecule has 1 aromatic carbocycles. The largest absolute Gasteiger partial charge is 0.363 e. The average molecular weight is 664 g/mol. The molecule has 14 heteroatoms. The molecule has 46 heavy (non-hydrogen) atoms. The highest BCUT2D eigenvalue weighted by atomic mass is 32.2. The van der Waals surface area contributed by atoms with Crippen molar-refractivity contribution >= 4 is 32.6 Å². The first-order valence-electron chi connectivity index (χ1n) is 17.1. The van der Waals surface area contributed by atoms with Crippen molar-refractivity contribution in [2.24, 2.45) is 5.92 Å². The van der Waals surface area contributed by atoms with Gasteiger partial charge in [0.15, 0.2) is 0 Å². The Kier molecular flexibility index (Phi) is 7.85. The van der Waals surface area contributed by atoms with Crippen molar-refractivity contribution in [3.8, 4) is 0 Å². The van der Waals surface area contributed by atoms with Gasteiger partial charge in [-0.3, -0.25) is 14.2 Å². The molecule has 2 N–H and O–H groups in total. The third kappa shape index (κ3) is 6.64. The molecule has 2 aromatic heterocycles. The Morgan fingerprint density at radius 1 is 1.09 bits per heavy atom. The Labute approximate surface area is 269 Å². The molecule has 0 aliphatic carbocycles. The monoisotopic (exact) mass is 663 g/mol. The van der Waals surface area contributed by atoms with Gasteiger partial charge >= 0.3 is 0 Å². The van der Waals surface area contributed by atoms with Crippen molar-refractivity contribution in [1.29, 1.82) is 0 Å². The van der Waals surface area contributed by atoms with Crippen LogP contribution in [-0.2, 0) is 27.1 Å². The summed E-state index contributed by atoms with van der Waals surface area (Å²) in [5, 5.41) is 5.73. The number of anilines is 1. The Hall–Kier alpha value is -3.52. The molecule has 0 radical (unpaired) electrons. The number of nitrogens with zero attached hydrogens (tertiary/aromatic N) is 4. The zero-order valence-electron chi connectivity index (χ0n) is 28.5. The van der Waals surface area contributed by atoms with Crippen LogP contribution in [-0.4, -0.2) is 71.4 Å². The number of hydrogen-bond acceptors (Lipinski definition) is 8. The second-order valence-electron chi connectivity index (χ2n) is 12.7. The quantitative estimate of drug-likeness (QED) is 0.400. The number of fused-ring (bicyclic) bond motifs is 8. The zero-order valence-corrected chi connectivity index (χ0v) is 26.3. The lowest BCUT2D eigenvalue weighted by atomic mass is 9.88. The molecule has 0 unspecified atom stereocenters. The van der Waals surface area contributed by atoms with E-state index in [1.807, 2.05) is 4.90 Å². The normalized spacial score (nSPS) is 26.8. The van der Waals surface area contributed by atoms with Crippen LogP contribution in [0, 0.1) is 18.7 Å². The maximum Gasteiger partial charge on any atom is 0.276 e. The molecule has 0 saturated carbocycles.